The quantitative estimate of drug-likeness (QED) is 0.754. The lowest BCUT2D eigenvalue weighted by Gasteiger charge is -2.16. The Morgan fingerprint density at radius 1 is 1.41 bits per heavy atom. The SMILES string of the molecule is CNC(=O)CC(Nc1ccccc1Br)C(N)=O. The molecular formula is C11H14BrN3O2. The fraction of sp³-hybridized carbons (Fsp3) is 0.273. The summed E-state index contributed by atoms with van der Waals surface area (Å²) in [5, 5.41) is 5.38. The van der Waals surface area contributed by atoms with Crippen molar-refractivity contribution in [3.8, 4) is 0 Å². The first-order valence-corrected chi connectivity index (χ1v) is 5.85. The number of amides is 2. The zero-order valence-corrected chi connectivity index (χ0v) is 11.0. The van der Waals surface area contributed by atoms with Gasteiger partial charge in [-0.1, -0.05) is 12.1 Å². The highest BCUT2D eigenvalue weighted by Crippen LogP contribution is 2.22. The van der Waals surface area contributed by atoms with E-state index in [2.05, 4.69) is 26.6 Å². The molecule has 0 radical (unpaired) electrons. The van der Waals surface area contributed by atoms with Crippen molar-refractivity contribution in [2.45, 2.75) is 12.5 Å². The van der Waals surface area contributed by atoms with E-state index < -0.39 is 11.9 Å². The summed E-state index contributed by atoms with van der Waals surface area (Å²) in [5.41, 5.74) is 5.96. The number of rotatable bonds is 5. The molecule has 4 N–H and O–H groups in total. The monoisotopic (exact) mass is 299 g/mol. The lowest BCUT2D eigenvalue weighted by atomic mass is 10.1. The molecule has 0 aliphatic rings. The minimum absolute atomic E-state index is 0.00711. The van der Waals surface area contributed by atoms with Crippen molar-refractivity contribution < 1.29 is 9.59 Å². The van der Waals surface area contributed by atoms with Crippen LogP contribution in [0.4, 0.5) is 5.69 Å². The standard InChI is InChI=1S/C11H14BrN3O2/c1-14-10(16)6-9(11(13)17)15-8-5-3-2-4-7(8)12/h2-5,9,15H,6H2,1H3,(H2,13,17)(H,14,16). The number of hydrogen-bond donors (Lipinski definition) is 3. The highest BCUT2D eigenvalue weighted by molar-refractivity contribution is 9.10. The number of benzene rings is 1. The largest absolute Gasteiger partial charge is 0.372 e. The summed E-state index contributed by atoms with van der Waals surface area (Å²) >= 11 is 3.34. The average molecular weight is 300 g/mol. The number of halogens is 1. The van der Waals surface area contributed by atoms with E-state index in [9.17, 15) is 9.59 Å². The second-order valence-electron chi connectivity index (χ2n) is 3.46. The Balaban J connectivity index is 2.77. The molecular weight excluding hydrogens is 286 g/mol. The van der Waals surface area contributed by atoms with Crippen molar-refractivity contribution >= 4 is 33.4 Å². The molecule has 0 spiro atoms. The van der Waals surface area contributed by atoms with Crippen LogP contribution in [0.1, 0.15) is 6.42 Å². The van der Waals surface area contributed by atoms with Crippen molar-refractivity contribution in [1.82, 2.24) is 5.32 Å². The minimum atomic E-state index is -0.728. The van der Waals surface area contributed by atoms with Gasteiger partial charge in [0, 0.05) is 17.2 Å². The molecule has 92 valence electrons. The number of anilines is 1. The normalized spacial score (nSPS) is 11.6. The van der Waals surface area contributed by atoms with Gasteiger partial charge in [-0.05, 0) is 28.1 Å². The number of hydrogen-bond acceptors (Lipinski definition) is 3. The van der Waals surface area contributed by atoms with Gasteiger partial charge in [0.1, 0.15) is 6.04 Å². The van der Waals surface area contributed by atoms with Gasteiger partial charge in [-0.3, -0.25) is 9.59 Å². The van der Waals surface area contributed by atoms with Gasteiger partial charge in [-0.25, -0.2) is 0 Å². The highest BCUT2D eigenvalue weighted by atomic mass is 79.9. The zero-order valence-electron chi connectivity index (χ0n) is 9.37. The molecule has 2 amide bonds. The van der Waals surface area contributed by atoms with Crippen LogP contribution in [0.3, 0.4) is 0 Å². The Hall–Kier alpha value is -1.56. The highest BCUT2D eigenvalue weighted by Gasteiger charge is 2.19. The first-order chi connectivity index (χ1) is 8.04. The summed E-state index contributed by atoms with van der Waals surface area (Å²) in [6.07, 6.45) is 0.00711. The van der Waals surface area contributed by atoms with Crippen LogP contribution in [0.15, 0.2) is 28.7 Å². The van der Waals surface area contributed by atoms with E-state index in [-0.39, 0.29) is 12.3 Å². The number of para-hydroxylation sites is 1. The van der Waals surface area contributed by atoms with Gasteiger partial charge in [0.25, 0.3) is 0 Å². The van der Waals surface area contributed by atoms with Gasteiger partial charge in [-0.2, -0.15) is 0 Å². The Bertz CT molecular complexity index is 423. The maximum atomic E-state index is 11.2. The summed E-state index contributed by atoms with van der Waals surface area (Å²) in [5.74, 6) is -0.808. The second-order valence-corrected chi connectivity index (χ2v) is 4.31. The molecule has 0 bridgehead atoms. The van der Waals surface area contributed by atoms with Crippen LogP contribution in [0.5, 0.6) is 0 Å². The van der Waals surface area contributed by atoms with E-state index in [1.165, 1.54) is 7.05 Å². The summed E-state index contributed by atoms with van der Waals surface area (Å²) in [6.45, 7) is 0. The van der Waals surface area contributed by atoms with Crippen LogP contribution in [0, 0.1) is 0 Å². The predicted octanol–water partition coefficient (Wildman–Crippen LogP) is 0.851. The fourth-order valence-electron chi connectivity index (χ4n) is 1.28. The molecule has 0 fully saturated rings. The van der Waals surface area contributed by atoms with E-state index in [0.29, 0.717) is 0 Å². The Morgan fingerprint density at radius 3 is 2.59 bits per heavy atom. The lowest BCUT2D eigenvalue weighted by Crippen LogP contribution is -2.39. The Morgan fingerprint density at radius 2 is 2.06 bits per heavy atom. The molecule has 0 heterocycles. The summed E-state index contributed by atoms with van der Waals surface area (Å²) in [6, 6.07) is 6.58. The lowest BCUT2D eigenvalue weighted by molar-refractivity contribution is -0.125. The minimum Gasteiger partial charge on any atom is -0.372 e. The van der Waals surface area contributed by atoms with Gasteiger partial charge >= 0.3 is 0 Å². The first-order valence-electron chi connectivity index (χ1n) is 5.05. The summed E-state index contributed by atoms with van der Waals surface area (Å²) in [4.78, 5) is 22.5. The number of primary amides is 1. The van der Waals surface area contributed by atoms with Crippen molar-refractivity contribution in [3.05, 3.63) is 28.7 Å². The van der Waals surface area contributed by atoms with Gasteiger partial charge in [0.05, 0.1) is 6.42 Å². The van der Waals surface area contributed by atoms with E-state index in [1.54, 1.807) is 6.07 Å². The predicted molar refractivity (Wildman–Crippen MR) is 69.4 cm³/mol. The van der Waals surface area contributed by atoms with E-state index in [4.69, 9.17) is 5.73 Å². The second kappa shape index (κ2) is 6.24. The van der Waals surface area contributed by atoms with Gasteiger partial charge in [-0.15, -0.1) is 0 Å². The summed E-state index contributed by atoms with van der Waals surface area (Å²) < 4.78 is 0.808. The van der Waals surface area contributed by atoms with Crippen LogP contribution in [0.25, 0.3) is 0 Å². The molecule has 1 unspecified atom stereocenters. The van der Waals surface area contributed by atoms with Crippen LogP contribution < -0.4 is 16.4 Å². The molecule has 0 aliphatic carbocycles. The van der Waals surface area contributed by atoms with Crippen molar-refractivity contribution in [1.29, 1.82) is 0 Å². The number of nitrogens with one attached hydrogen (secondary N) is 2. The summed E-state index contributed by atoms with van der Waals surface area (Å²) in [7, 11) is 1.51. The molecule has 0 aliphatic heterocycles. The maximum absolute atomic E-state index is 11.2. The fourth-order valence-corrected chi connectivity index (χ4v) is 1.68. The molecule has 0 saturated carbocycles. The van der Waals surface area contributed by atoms with E-state index >= 15 is 0 Å². The van der Waals surface area contributed by atoms with Crippen LogP contribution in [0.2, 0.25) is 0 Å². The van der Waals surface area contributed by atoms with Gasteiger partial charge < -0.3 is 16.4 Å². The molecule has 1 atom stereocenters. The number of carbonyl (C=O) groups excluding carboxylic acids is 2. The van der Waals surface area contributed by atoms with Crippen LogP contribution >= 0.6 is 15.9 Å². The van der Waals surface area contributed by atoms with E-state index in [0.717, 1.165) is 10.2 Å². The number of carbonyl (C=O) groups is 2. The zero-order chi connectivity index (χ0) is 12.8. The molecule has 6 heteroatoms. The Labute approximate surface area is 108 Å². The third-order valence-corrected chi connectivity index (χ3v) is 2.91. The average Bonchev–Trinajstić information content (AvgIpc) is 2.30. The molecule has 0 saturated heterocycles. The Kier molecular flexibility index (Phi) is 4.96. The maximum Gasteiger partial charge on any atom is 0.240 e. The van der Waals surface area contributed by atoms with Crippen molar-refractivity contribution in [2.24, 2.45) is 5.73 Å². The third kappa shape index (κ3) is 4.07. The van der Waals surface area contributed by atoms with Crippen molar-refractivity contribution in [3.63, 3.8) is 0 Å². The molecule has 1 aromatic carbocycles. The molecule has 1 rings (SSSR count). The smallest absolute Gasteiger partial charge is 0.240 e. The van der Waals surface area contributed by atoms with Crippen LogP contribution in [-0.2, 0) is 9.59 Å². The van der Waals surface area contributed by atoms with Gasteiger partial charge in [0.2, 0.25) is 11.8 Å². The molecule has 1 aromatic rings. The molecule has 5 nitrogen and oxygen atoms in total. The molecule has 17 heavy (non-hydrogen) atoms. The van der Waals surface area contributed by atoms with Gasteiger partial charge in [0.15, 0.2) is 0 Å². The topological polar surface area (TPSA) is 84.2 Å². The van der Waals surface area contributed by atoms with Crippen molar-refractivity contribution in [2.75, 3.05) is 12.4 Å². The van der Waals surface area contributed by atoms with Crippen LogP contribution in [-0.4, -0.2) is 24.9 Å². The first kappa shape index (κ1) is 13.5. The van der Waals surface area contributed by atoms with E-state index in [1.807, 2.05) is 18.2 Å². The molecule has 0 aromatic heterocycles. The third-order valence-electron chi connectivity index (χ3n) is 2.22. The number of nitrogens with two attached hydrogens (primary N) is 1.